The van der Waals surface area contributed by atoms with Crippen LogP contribution in [0.2, 0.25) is 0 Å². The molecule has 7 N–H and O–H groups in total. The van der Waals surface area contributed by atoms with Crippen LogP contribution in [0.4, 0.5) is 0 Å². The van der Waals surface area contributed by atoms with E-state index in [4.69, 9.17) is 11.5 Å². The summed E-state index contributed by atoms with van der Waals surface area (Å²) in [5, 5.41) is 31.8. The smallest absolute Gasteiger partial charge is 0.223 e. The molecule has 1 aliphatic carbocycles. The second-order valence-corrected chi connectivity index (χ2v) is 9.17. The van der Waals surface area contributed by atoms with E-state index in [-0.39, 0.29) is 6.42 Å². The van der Waals surface area contributed by atoms with E-state index in [0.29, 0.717) is 25.2 Å². The summed E-state index contributed by atoms with van der Waals surface area (Å²) in [6.45, 7) is 5.56. The Kier molecular flexibility index (Phi) is 7.26. The number of hydrogen-bond acceptors (Lipinski definition) is 5. The summed E-state index contributed by atoms with van der Waals surface area (Å²) < 4.78 is 0. The Balaban J connectivity index is 2.05. The molecule has 0 bridgehead atoms. The lowest BCUT2D eigenvalue weighted by molar-refractivity contribution is -0.138. The van der Waals surface area contributed by atoms with Gasteiger partial charge in [0.1, 0.15) is 0 Å². The van der Waals surface area contributed by atoms with Crippen LogP contribution in [0.1, 0.15) is 64.0 Å². The molecule has 0 radical (unpaired) electrons. The molecule has 1 amide bonds. The molecule has 0 spiro atoms. The second-order valence-electron chi connectivity index (χ2n) is 9.17. The van der Waals surface area contributed by atoms with Crippen LogP contribution in [-0.4, -0.2) is 39.0 Å². The molecule has 2 rings (SSSR count). The van der Waals surface area contributed by atoms with Gasteiger partial charge in [-0.15, -0.1) is 0 Å². The Bertz CT molecular complexity index is 663. The summed E-state index contributed by atoms with van der Waals surface area (Å²) >= 11 is 0. The maximum atomic E-state index is 12.0. The summed E-state index contributed by atoms with van der Waals surface area (Å²) in [6.07, 6.45) is 2.18. The Morgan fingerprint density at radius 3 is 2.46 bits per heavy atom. The molecule has 158 valence electrons. The van der Waals surface area contributed by atoms with Gasteiger partial charge in [0.2, 0.25) is 5.91 Å². The Morgan fingerprint density at radius 1 is 1.32 bits per heavy atom. The van der Waals surface area contributed by atoms with E-state index < -0.39 is 35.2 Å². The Labute approximate surface area is 167 Å². The van der Waals surface area contributed by atoms with Crippen molar-refractivity contribution in [2.75, 3.05) is 0 Å². The molecule has 3 unspecified atom stereocenters. The van der Waals surface area contributed by atoms with Gasteiger partial charge in [0.25, 0.3) is 0 Å². The molecule has 6 heteroatoms. The zero-order chi connectivity index (χ0) is 21.1. The van der Waals surface area contributed by atoms with Crippen molar-refractivity contribution in [2.45, 2.75) is 82.6 Å². The Morgan fingerprint density at radius 2 is 1.93 bits per heavy atom. The number of carbonyl (C=O) groups is 1. The molecular formula is C22H36N2O4. The van der Waals surface area contributed by atoms with Gasteiger partial charge < -0.3 is 26.8 Å². The summed E-state index contributed by atoms with van der Waals surface area (Å²) in [7, 11) is 0. The van der Waals surface area contributed by atoms with Crippen LogP contribution in [0.3, 0.4) is 0 Å². The first-order valence-electron chi connectivity index (χ1n) is 10.2. The minimum Gasteiger partial charge on any atom is -0.391 e. The van der Waals surface area contributed by atoms with Crippen LogP contribution in [0.5, 0.6) is 0 Å². The number of carbonyl (C=O) groups excluding carboxylic acids is 1. The van der Waals surface area contributed by atoms with Gasteiger partial charge in [0.05, 0.1) is 23.2 Å². The second kappa shape index (κ2) is 8.91. The SMILES string of the molecule is CC1CCC(O)(C(CC(O)C(N)Cc2cccc(C(C)(C)O)c2)C(N)=O)CC1. The van der Waals surface area contributed by atoms with Crippen LogP contribution in [0.15, 0.2) is 24.3 Å². The lowest BCUT2D eigenvalue weighted by Crippen LogP contribution is -2.50. The highest BCUT2D eigenvalue weighted by molar-refractivity contribution is 5.78. The highest BCUT2D eigenvalue weighted by Gasteiger charge is 2.43. The normalized spacial score (nSPS) is 26.5. The fraction of sp³-hybridized carbons (Fsp3) is 0.682. The predicted molar refractivity (Wildman–Crippen MR) is 109 cm³/mol. The average molecular weight is 393 g/mol. The predicted octanol–water partition coefficient (Wildman–Crippen LogP) is 1.58. The molecule has 3 atom stereocenters. The summed E-state index contributed by atoms with van der Waals surface area (Å²) in [5.41, 5.74) is 11.3. The number of aliphatic hydroxyl groups is 3. The monoisotopic (exact) mass is 392 g/mol. The van der Waals surface area contributed by atoms with Crippen LogP contribution < -0.4 is 11.5 Å². The lowest BCUT2D eigenvalue weighted by atomic mass is 9.70. The molecule has 0 aliphatic heterocycles. The number of benzene rings is 1. The molecule has 0 aromatic heterocycles. The van der Waals surface area contributed by atoms with Crippen molar-refractivity contribution in [3.63, 3.8) is 0 Å². The zero-order valence-electron chi connectivity index (χ0n) is 17.3. The number of nitrogens with two attached hydrogens (primary N) is 2. The molecule has 1 aromatic rings. The number of primary amides is 1. The highest BCUT2D eigenvalue weighted by Crippen LogP contribution is 2.39. The minimum atomic E-state index is -1.17. The molecule has 1 fully saturated rings. The quantitative estimate of drug-likeness (QED) is 0.458. The maximum Gasteiger partial charge on any atom is 0.223 e. The lowest BCUT2D eigenvalue weighted by Gasteiger charge is -2.40. The van der Waals surface area contributed by atoms with E-state index in [1.807, 2.05) is 24.3 Å². The highest BCUT2D eigenvalue weighted by atomic mass is 16.3. The van der Waals surface area contributed by atoms with E-state index >= 15 is 0 Å². The minimum absolute atomic E-state index is 0.0482. The number of amides is 1. The first kappa shape index (κ1) is 22.8. The molecule has 6 nitrogen and oxygen atoms in total. The van der Waals surface area contributed by atoms with E-state index in [0.717, 1.165) is 24.0 Å². The fourth-order valence-corrected chi connectivity index (χ4v) is 4.11. The zero-order valence-corrected chi connectivity index (χ0v) is 17.3. The van der Waals surface area contributed by atoms with Gasteiger partial charge in [-0.25, -0.2) is 0 Å². The van der Waals surface area contributed by atoms with Gasteiger partial charge >= 0.3 is 0 Å². The van der Waals surface area contributed by atoms with Gasteiger partial charge in [0, 0.05) is 6.04 Å². The van der Waals surface area contributed by atoms with E-state index in [1.165, 1.54) is 0 Å². The number of aliphatic hydroxyl groups excluding tert-OH is 1. The topological polar surface area (TPSA) is 130 Å². The number of hydrogen-bond donors (Lipinski definition) is 5. The van der Waals surface area contributed by atoms with Gasteiger partial charge in [0.15, 0.2) is 0 Å². The van der Waals surface area contributed by atoms with Crippen molar-refractivity contribution in [3.05, 3.63) is 35.4 Å². The molecule has 28 heavy (non-hydrogen) atoms. The molecule has 1 aromatic carbocycles. The van der Waals surface area contributed by atoms with E-state index in [2.05, 4.69) is 6.92 Å². The van der Waals surface area contributed by atoms with Crippen molar-refractivity contribution in [1.82, 2.24) is 0 Å². The van der Waals surface area contributed by atoms with Crippen LogP contribution >= 0.6 is 0 Å². The largest absolute Gasteiger partial charge is 0.391 e. The third kappa shape index (κ3) is 5.77. The van der Waals surface area contributed by atoms with Crippen molar-refractivity contribution >= 4 is 5.91 Å². The van der Waals surface area contributed by atoms with Crippen LogP contribution in [0, 0.1) is 11.8 Å². The van der Waals surface area contributed by atoms with Gasteiger partial charge in [-0.2, -0.15) is 0 Å². The molecule has 1 saturated carbocycles. The van der Waals surface area contributed by atoms with Crippen LogP contribution in [-0.2, 0) is 16.8 Å². The maximum absolute atomic E-state index is 12.0. The summed E-state index contributed by atoms with van der Waals surface area (Å²) in [6, 6.07) is 6.84. The Hall–Kier alpha value is -1.47. The summed E-state index contributed by atoms with van der Waals surface area (Å²) in [5.74, 6) is -0.889. The molecule has 0 heterocycles. The van der Waals surface area contributed by atoms with E-state index in [9.17, 15) is 20.1 Å². The van der Waals surface area contributed by atoms with Gasteiger partial charge in [-0.1, -0.05) is 31.2 Å². The number of rotatable bonds is 8. The first-order chi connectivity index (χ1) is 12.9. The third-order valence-electron chi connectivity index (χ3n) is 6.21. The van der Waals surface area contributed by atoms with Crippen molar-refractivity contribution in [3.8, 4) is 0 Å². The molecular weight excluding hydrogens is 356 g/mol. The van der Waals surface area contributed by atoms with Crippen molar-refractivity contribution in [1.29, 1.82) is 0 Å². The van der Waals surface area contributed by atoms with Gasteiger partial charge in [-0.3, -0.25) is 4.79 Å². The third-order valence-corrected chi connectivity index (χ3v) is 6.21. The first-order valence-corrected chi connectivity index (χ1v) is 10.2. The summed E-state index contributed by atoms with van der Waals surface area (Å²) in [4.78, 5) is 12.0. The standard InChI is InChI=1S/C22H36N2O4/c1-14-7-9-22(28,10-8-14)17(20(24)26)13-19(25)18(23)12-15-5-4-6-16(11-15)21(2,3)27/h4-6,11,14,17-19,25,27-28H,7-10,12-13,23H2,1-3H3,(H2,24,26). The van der Waals surface area contributed by atoms with Crippen molar-refractivity contribution < 1.29 is 20.1 Å². The van der Waals surface area contributed by atoms with Crippen LogP contribution in [0.25, 0.3) is 0 Å². The van der Waals surface area contributed by atoms with Crippen molar-refractivity contribution in [2.24, 2.45) is 23.3 Å². The van der Waals surface area contributed by atoms with E-state index in [1.54, 1.807) is 13.8 Å². The fourth-order valence-electron chi connectivity index (χ4n) is 4.11. The molecule has 0 saturated heterocycles. The molecule has 1 aliphatic rings. The average Bonchev–Trinajstić information content (AvgIpc) is 2.61. The van der Waals surface area contributed by atoms with Gasteiger partial charge in [-0.05, 0) is 69.4 Å².